The first-order chi connectivity index (χ1) is 12.4. The first kappa shape index (κ1) is 18.7. The third-order valence-electron chi connectivity index (χ3n) is 4.87. The lowest BCUT2D eigenvalue weighted by Crippen LogP contribution is -2.54. The van der Waals surface area contributed by atoms with Crippen molar-refractivity contribution < 1.29 is 9.53 Å². The summed E-state index contributed by atoms with van der Waals surface area (Å²) in [7, 11) is 0. The highest BCUT2D eigenvalue weighted by molar-refractivity contribution is 6.32. The zero-order chi connectivity index (χ0) is 18.7. The topological polar surface area (TPSA) is 129 Å². The van der Waals surface area contributed by atoms with Gasteiger partial charge in [-0.15, -0.1) is 0 Å². The van der Waals surface area contributed by atoms with Crippen LogP contribution in [0.4, 0.5) is 0 Å². The van der Waals surface area contributed by atoms with Crippen LogP contribution in [0.25, 0.3) is 0 Å². The first-order valence-corrected chi connectivity index (χ1v) is 9.18. The Morgan fingerprint density at radius 1 is 1.42 bits per heavy atom. The summed E-state index contributed by atoms with van der Waals surface area (Å²) < 4.78 is 5.84. The van der Waals surface area contributed by atoms with Crippen molar-refractivity contribution in [1.82, 2.24) is 0 Å². The number of carbonyl (C=O) groups excluding carboxylic acids is 1. The molecule has 140 valence electrons. The van der Waals surface area contributed by atoms with E-state index in [0.717, 1.165) is 12.0 Å². The van der Waals surface area contributed by atoms with Gasteiger partial charge in [-0.25, -0.2) is 4.99 Å². The van der Waals surface area contributed by atoms with Crippen LogP contribution in [-0.2, 0) is 15.1 Å². The van der Waals surface area contributed by atoms with Gasteiger partial charge >= 0.3 is 0 Å². The Labute approximate surface area is 157 Å². The first-order valence-electron chi connectivity index (χ1n) is 8.81. The second-order valence-electron chi connectivity index (χ2n) is 6.71. The average molecular weight is 378 g/mol. The predicted octanol–water partition coefficient (Wildman–Crippen LogP) is 1.47. The Morgan fingerprint density at radius 2 is 2.19 bits per heavy atom. The molecule has 1 aromatic rings. The molecule has 2 bridgehead atoms. The van der Waals surface area contributed by atoms with Gasteiger partial charge in [-0.1, -0.05) is 29.8 Å². The maximum Gasteiger partial charge on any atom is 0.205 e. The monoisotopic (exact) mass is 377 g/mol. The standard InChI is InChI=1S/C18H24ClN5O2/c19-12-6-2-1-5-11(12)18-9-3-8-14(15(18)25)26-16(24-18)13(20)7-4-10-23-17(21)22/h1-2,5-6,13-14H,3-4,7-10,20H2,(H4,21,22,23)/t13-,14?,18?/m0/s1. The smallest absolute Gasteiger partial charge is 0.205 e. The molecule has 2 unspecified atom stereocenters. The Hall–Kier alpha value is -2.12. The van der Waals surface area contributed by atoms with Gasteiger partial charge in [-0.2, -0.15) is 0 Å². The lowest BCUT2D eigenvalue weighted by atomic mass is 9.73. The zero-order valence-corrected chi connectivity index (χ0v) is 15.3. The number of hydrogen-bond donors (Lipinski definition) is 3. The predicted molar refractivity (Wildman–Crippen MR) is 102 cm³/mol. The minimum atomic E-state index is -0.994. The maximum atomic E-state index is 13.0. The van der Waals surface area contributed by atoms with E-state index >= 15 is 0 Å². The van der Waals surface area contributed by atoms with Gasteiger partial charge in [0, 0.05) is 17.1 Å². The van der Waals surface area contributed by atoms with Crippen molar-refractivity contribution in [3.05, 3.63) is 34.9 Å². The summed E-state index contributed by atoms with van der Waals surface area (Å²) in [6.45, 7) is 0.487. The van der Waals surface area contributed by atoms with Crippen molar-refractivity contribution in [2.24, 2.45) is 27.2 Å². The molecule has 1 aliphatic heterocycles. The van der Waals surface area contributed by atoms with Crippen LogP contribution in [0, 0.1) is 0 Å². The van der Waals surface area contributed by atoms with Crippen LogP contribution >= 0.6 is 11.6 Å². The second kappa shape index (κ2) is 7.63. The van der Waals surface area contributed by atoms with E-state index < -0.39 is 17.7 Å². The molecule has 0 saturated heterocycles. The van der Waals surface area contributed by atoms with E-state index in [1.165, 1.54) is 0 Å². The number of halogens is 1. The molecule has 1 aliphatic carbocycles. The number of aliphatic imine (C=N–C) groups is 2. The molecule has 3 atom stereocenters. The van der Waals surface area contributed by atoms with Gasteiger partial charge in [0.1, 0.15) is 0 Å². The van der Waals surface area contributed by atoms with Gasteiger partial charge in [-0.3, -0.25) is 9.79 Å². The number of ether oxygens (including phenoxy) is 1. The Kier molecular flexibility index (Phi) is 5.48. The number of nitrogens with two attached hydrogens (primary N) is 3. The van der Waals surface area contributed by atoms with E-state index in [-0.39, 0.29) is 11.7 Å². The van der Waals surface area contributed by atoms with Crippen LogP contribution in [0.1, 0.15) is 37.7 Å². The fourth-order valence-electron chi connectivity index (χ4n) is 3.58. The van der Waals surface area contributed by atoms with E-state index in [9.17, 15) is 4.79 Å². The summed E-state index contributed by atoms with van der Waals surface area (Å²) in [6, 6.07) is 6.93. The van der Waals surface area contributed by atoms with Crippen LogP contribution in [0.5, 0.6) is 0 Å². The third kappa shape index (κ3) is 3.54. The molecule has 7 nitrogen and oxygen atoms in total. The molecule has 6 N–H and O–H groups in total. The fourth-order valence-corrected chi connectivity index (χ4v) is 3.88. The van der Waals surface area contributed by atoms with Crippen molar-refractivity contribution in [2.45, 2.75) is 49.8 Å². The van der Waals surface area contributed by atoms with E-state index in [1.54, 1.807) is 6.07 Å². The highest BCUT2D eigenvalue weighted by atomic mass is 35.5. The number of guanidine groups is 1. The molecule has 0 radical (unpaired) electrons. The van der Waals surface area contributed by atoms with Gasteiger partial charge < -0.3 is 21.9 Å². The molecule has 0 amide bonds. The van der Waals surface area contributed by atoms with Crippen molar-refractivity contribution in [3.63, 3.8) is 0 Å². The second-order valence-corrected chi connectivity index (χ2v) is 7.12. The highest BCUT2D eigenvalue weighted by Crippen LogP contribution is 2.44. The largest absolute Gasteiger partial charge is 0.468 e. The molecule has 2 aliphatic rings. The number of nitrogens with zero attached hydrogens (tertiary/aromatic N) is 2. The molecule has 8 heteroatoms. The molecular formula is C18H24ClN5O2. The molecule has 26 heavy (non-hydrogen) atoms. The average Bonchev–Trinajstić information content (AvgIpc) is 2.59. The minimum absolute atomic E-state index is 0.0340. The molecule has 1 aromatic carbocycles. The van der Waals surface area contributed by atoms with E-state index in [2.05, 4.69) is 4.99 Å². The number of Topliss-reactive ketones (excluding diaryl/α,β-unsaturated/α-hetero) is 1. The van der Waals surface area contributed by atoms with Gasteiger partial charge in [-0.05, 0) is 38.2 Å². The number of hydrogen-bond acceptors (Lipinski definition) is 5. The van der Waals surface area contributed by atoms with Crippen molar-refractivity contribution in [2.75, 3.05) is 6.54 Å². The van der Waals surface area contributed by atoms with E-state index in [1.807, 2.05) is 18.2 Å². The summed E-state index contributed by atoms with van der Waals surface area (Å²) >= 11 is 6.39. The number of benzene rings is 1. The van der Waals surface area contributed by atoms with Crippen LogP contribution < -0.4 is 17.2 Å². The highest BCUT2D eigenvalue weighted by Gasteiger charge is 2.52. The molecule has 0 aromatic heterocycles. The quantitative estimate of drug-likeness (QED) is 0.392. The Bertz CT molecular complexity index is 747. The number of fused-ring (bicyclic) bond motifs is 2. The normalized spacial score (nSPS) is 25.8. The summed E-state index contributed by atoms with van der Waals surface area (Å²) in [4.78, 5) is 21.7. The summed E-state index contributed by atoms with van der Waals surface area (Å²) in [5.74, 6) is 0.440. The van der Waals surface area contributed by atoms with Gasteiger partial charge in [0.25, 0.3) is 0 Å². The molecule has 0 spiro atoms. The van der Waals surface area contributed by atoms with Crippen LogP contribution in [-0.4, -0.2) is 36.3 Å². The summed E-state index contributed by atoms with van der Waals surface area (Å²) in [5.41, 5.74) is 16.7. The molecular weight excluding hydrogens is 354 g/mol. The third-order valence-corrected chi connectivity index (χ3v) is 5.20. The van der Waals surface area contributed by atoms with Crippen molar-refractivity contribution >= 4 is 29.2 Å². The van der Waals surface area contributed by atoms with Crippen LogP contribution in [0.15, 0.2) is 34.3 Å². The summed E-state index contributed by atoms with van der Waals surface area (Å²) in [5, 5.41) is 0.535. The van der Waals surface area contributed by atoms with Crippen LogP contribution in [0.2, 0.25) is 5.02 Å². The SMILES string of the molecule is NC(N)=NCCC[C@H](N)C1=NC2(c3ccccc3Cl)CCCC(O1)C2=O. The summed E-state index contributed by atoms with van der Waals surface area (Å²) in [6.07, 6.45) is 2.91. The lowest BCUT2D eigenvalue weighted by molar-refractivity contribution is -0.137. The molecule has 1 saturated carbocycles. The fraction of sp³-hybridized carbons (Fsp3) is 0.500. The molecule has 3 rings (SSSR count). The van der Waals surface area contributed by atoms with Gasteiger partial charge in [0.05, 0.1) is 6.04 Å². The van der Waals surface area contributed by atoms with Gasteiger partial charge in [0.15, 0.2) is 17.6 Å². The number of carbonyl (C=O) groups is 1. The number of ketones is 1. The number of rotatable bonds is 6. The molecule has 1 fully saturated rings. The molecule has 1 heterocycles. The van der Waals surface area contributed by atoms with E-state index in [4.69, 9.17) is 38.5 Å². The van der Waals surface area contributed by atoms with Crippen molar-refractivity contribution in [1.29, 1.82) is 0 Å². The zero-order valence-electron chi connectivity index (χ0n) is 14.5. The minimum Gasteiger partial charge on any atom is -0.468 e. The van der Waals surface area contributed by atoms with Gasteiger partial charge in [0.2, 0.25) is 11.7 Å². The van der Waals surface area contributed by atoms with E-state index in [0.29, 0.717) is 43.1 Å². The van der Waals surface area contributed by atoms with Crippen LogP contribution in [0.3, 0.4) is 0 Å². The Morgan fingerprint density at radius 3 is 2.92 bits per heavy atom. The maximum absolute atomic E-state index is 13.0. The lowest BCUT2D eigenvalue weighted by Gasteiger charge is -2.42. The van der Waals surface area contributed by atoms with Crippen molar-refractivity contribution in [3.8, 4) is 0 Å². The Balaban J connectivity index is 1.87.